The number of rotatable bonds is 3. The fraction of sp³-hybridized carbons (Fsp3) is 0.889. The van der Waals surface area contributed by atoms with Crippen molar-refractivity contribution in [3.8, 4) is 0 Å². The van der Waals surface area contributed by atoms with E-state index < -0.39 is 0 Å². The van der Waals surface area contributed by atoms with Crippen molar-refractivity contribution in [2.24, 2.45) is 5.92 Å². The summed E-state index contributed by atoms with van der Waals surface area (Å²) in [6.07, 6.45) is 4.25. The third-order valence-electron chi connectivity index (χ3n) is 2.27. The SMILES string of the molecule is CC(C)C[C@]1(C=O)CCCN1. The fourth-order valence-electron chi connectivity index (χ4n) is 1.88. The molecule has 0 bridgehead atoms. The van der Waals surface area contributed by atoms with Crippen molar-refractivity contribution < 1.29 is 4.79 Å². The molecule has 0 aliphatic carbocycles. The van der Waals surface area contributed by atoms with Gasteiger partial charge in [0.2, 0.25) is 0 Å². The predicted molar refractivity (Wildman–Crippen MR) is 45.5 cm³/mol. The topological polar surface area (TPSA) is 29.1 Å². The van der Waals surface area contributed by atoms with E-state index in [1.807, 2.05) is 0 Å². The van der Waals surface area contributed by atoms with E-state index in [-0.39, 0.29) is 5.54 Å². The number of carbonyl (C=O) groups excluding carboxylic acids is 1. The smallest absolute Gasteiger partial charge is 0.140 e. The average Bonchev–Trinajstić information content (AvgIpc) is 2.36. The molecule has 64 valence electrons. The van der Waals surface area contributed by atoms with Crippen molar-refractivity contribution in [3.05, 3.63) is 0 Å². The first kappa shape index (κ1) is 8.72. The van der Waals surface area contributed by atoms with Crippen molar-refractivity contribution in [1.29, 1.82) is 0 Å². The molecule has 0 aromatic heterocycles. The van der Waals surface area contributed by atoms with Crippen LogP contribution in [0.2, 0.25) is 0 Å². The summed E-state index contributed by atoms with van der Waals surface area (Å²) in [6.45, 7) is 5.32. The van der Waals surface area contributed by atoms with Crippen LogP contribution >= 0.6 is 0 Å². The Morgan fingerprint density at radius 3 is 2.73 bits per heavy atom. The first-order chi connectivity index (χ1) is 5.18. The molecule has 0 spiro atoms. The van der Waals surface area contributed by atoms with Gasteiger partial charge in [0.05, 0.1) is 5.54 Å². The molecule has 1 aliphatic heterocycles. The lowest BCUT2D eigenvalue weighted by Crippen LogP contribution is -2.42. The minimum absolute atomic E-state index is 0.172. The lowest BCUT2D eigenvalue weighted by atomic mass is 9.89. The monoisotopic (exact) mass is 155 g/mol. The summed E-state index contributed by atoms with van der Waals surface area (Å²) in [4.78, 5) is 10.8. The Labute approximate surface area is 68.4 Å². The molecule has 11 heavy (non-hydrogen) atoms. The highest BCUT2D eigenvalue weighted by molar-refractivity contribution is 5.64. The molecule has 1 rings (SSSR count). The number of hydrogen-bond acceptors (Lipinski definition) is 2. The number of hydrogen-bond donors (Lipinski definition) is 1. The summed E-state index contributed by atoms with van der Waals surface area (Å²) < 4.78 is 0. The van der Waals surface area contributed by atoms with Gasteiger partial charge in [-0.05, 0) is 31.7 Å². The van der Waals surface area contributed by atoms with Crippen molar-refractivity contribution >= 4 is 6.29 Å². The van der Waals surface area contributed by atoms with Gasteiger partial charge in [-0.25, -0.2) is 0 Å². The predicted octanol–water partition coefficient (Wildman–Crippen LogP) is 1.35. The van der Waals surface area contributed by atoms with Crippen LogP contribution < -0.4 is 5.32 Å². The summed E-state index contributed by atoms with van der Waals surface area (Å²) in [6, 6.07) is 0. The maximum atomic E-state index is 10.8. The molecule has 1 N–H and O–H groups in total. The van der Waals surface area contributed by atoms with Gasteiger partial charge in [-0.15, -0.1) is 0 Å². The molecule has 0 radical (unpaired) electrons. The molecule has 1 heterocycles. The van der Waals surface area contributed by atoms with Gasteiger partial charge in [0.15, 0.2) is 0 Å². The summed E-state index contributed by atoms with van der Waals surface area (Å²) in [5.41, 5.74) is -0.172. The van der Waals surface area contributed by atoms with Gasteiger partial charge in [0, 0.05) is 0 Å². The van der Waals surface area contributed by atoms with Crippen LogP contribution in [0.3, 0.4) is 0 Å². The summed E-state index contributed by atoms with van der Waals surface area (Å²) in [7, 11) is 0. The normalized spacial score (nSPS) is 31.2. The highest BCUT2D eigenvalue weighted by Gasteiger charge is 2.33. The van der Waals surface area contributed by atoms with Crippen LogP contribution in [0.4, 0.5) is 0 Å². The van der Waals surface area contributed by atoms with E-state index in [2.05, 4.69) is 19.2 Å². The maximum Gasteiger partial charge on any atom is 0.140 e. The molecule has 2 nitrogen and oxygen atoms in total. The molecule has 1 saturated heterocycles. The zero-order valence-electron chi connectivity index (χ0n) is 7.39. The minimum Gasteiger partial charge on any atom is -0.305 e. The van der Waals surface area contributed by atoms with Gasteiger partial charge in [0.25, 0.3) is 0 Å². The van der Waals surface area contributed by atoms with Crippen LogP contribution in [0.1, 0.15) is 33.1 Å². The van der Waals surface area contributed by atoms with E-state index in [0.29, 0.717) is 5.92 Å². The molecule has 0 amide bonds. The molecule has 1 aliphatic rings. The van der Waals surface area contributed by atoms with Crippen LogP contribution in [0.15, 0.2) is 0 Å². The molecule has 0 aromatic carbocycles. The van der Waals surface area contributed by atoms with Crippen molar-refractivity contribution in [2.75, 3.05) is 6.54 Å². The van der Waals surface area contributed by atoms with Gasteiger partial charge in [-0.1, -0.05) is 13.8 Å². The quantitative estimate of drug-likeness (QED) is 0.623. The van der Waals surface area contributed by atoms with E-state index in [9.17, 15) is 4.79 Å². The largest absolute Gasteiger partial charge is 0.305 e. The van der Waals surface area contributed by atoms with E-state index in [4.69, 9.17) is 0 Å². The third-order valence-corrected chi connectivity index (χ3v) is 2.27. The molecule has 1 fully saturated rings. The van der Waals surface area contributed by atoms with Gasteiger partial charge in [-0.3, -0.25) is 0 Å². The lowest BCUT2D eigenvalue weighted by molar-refractivity contribution is -0.113. The van der Waals surface area contributed by atoms with E-state index in [0.717, 1.165) is 32.1 Å². The first-order valence-corrected chi connectivity index (χ1v) is 4.40. The van der Waals surface area contributed by atoms with Crippen LogP contribution in [0.5, 0.6) is 0 Å². The molecule has 0 unspecified atom stereocenters. The van der Waals surface area contributed by atoms with Crippen LogP contribution in [0.25, 0.3) is 0 Å². The van der Waals surface area contributed by atoms with Crippen LogP contribution in [-0.4, -0.2) is 18.4 Å². The second-order valence-electron chi connectivity index (χ2n) is 3.90. The molecular formula is C9H17NO. The zero-order valence-corrected chi connectivity index (χ0v) is 7.39. The summed E-state index contributed by atoms with van der Waals surface area (Å²) in [5, 5.41) is 3.28. The summed E-state index contributed by atoms with van der Waals surface area (Å²) in [5.74, 6) is 0.603. The van der Waals surface area contributed by atoms with Gasteiger partial charge < -0.3 is 10.1 Å². The van der Waals surface area contributed by atoms with Crippen LogP contribution in [-0.2, 0) is 4.79 Å². The number of aldehydes is 1. The minimum atomic E-state index is -0.172. The van der Waals surface area contributed by atoms with E-state index >= 15 is 0 Å². The van der Waals surface area contributed by atoms with Gasteiger partial charge >= 0.3 is 0 Å². The molecule has 1 atom stereocenters. The van der Waals surface area contributed by atoms with Crippen molar-refractivity contribution in [2.45, 2.75) is 38.6 Å². The Morgan fingerprint density at radius 1 is 1.64 bits per heavy atom. The average molecular weight is 155 g/mol. The Balaban J connectivity index is 2.52. The van der Waals surface area contributed by atoms with E-state index in [1.165, 1.54) is 0 Å². The maximum absolute atomic E-state index is 10.8. The fourth-order valence-corrected chi connectivity index (χ4v) is 1.88. The van der Waals surface area contributed by atoms with Crippen molar-refractivity contribution in [1.82, 2.24) is 5.32 Å². The molecule has 0 aromatic rings. The second-order valence-corrected chi connectivity index (χ2v) is 3.90. The zero-order chi connectivity index (χ0) is 8.32. The summed E-state index contributed by atoms with van der Waals surface area (Å²) >= 11 is 0. The van der Waals surface area contributed by atoms with Crippen molar-refractivity contribution in [3.63, 3.8) is 0 Å². The third kappa shape index (κ3) is 2.03. The van der Waals surface area contributed by atoms with Crippen LogP contribution in [0, 0.1) is 5.92 Å². The second kappa shape index (κ2) is 3.35. The Bertz CT molecular complexity index is 136. The van der Waals surface area contributed by atoms with E-state index in [1.54, 1.807) is 0 Å². The van der Waals surface area contributed by atoms with Gasteiger partial charge in [-0.2, -0.15) is 0 Å². The molecule has 2 heteroatoms. The standard InChI is InChI=1S/C9H17NO/c1-8(2)6-9(7-11)4-3-5-10-9/h7-8,10H,3-6H2,1-2H3/t9-/m0/s1. The van der Waals surface area contributed by atoms with Gasteiger partial charge in [0.1, 0.15) is 6.29 Å². The Hall–Kier alpha value is -0.370. The first-order valence-electron chi connectivity index (χ1n) is 4.40. The molecule has 0 saturated carbocycles. The lowest BCUT2D eigenvalue weighted by Gasteiger charge is -2.24. The number of nitrogens with one attached hydrogen (secondary N) is 1. The Kier molecular flexibility index (Phi) is 2.66. The molecular weight excluding hydrogens is 138 g/mol. The highest BCUT2D eigenvalue weighted by atomic mass is 16.1. The highest BCUT2D eigenvalue weighted by Crippen LogP contribution is 2.24. The Morgan fingerprint density at radius 2 is 2.36 bits per heavy atom. The number of carbonyl (C=O) groups is 1.